The first kappa shape index (κ1) is 18.2. The predicted octanol–water partition coefficient (Wildman–Crippen LogP) is 6.48. The lowest BCUT2D eigenvalue weighted by Crippen LogP contribution is -1.90. The summed E-state index contributed by atoms with van der Waals surface area (Å²) in [6.45, 7) is 8.11. The molecule has 0 amide bonds. The minimum Gasteiger partial charge on any atom is -0.241 e. The van der Waals surface area contributed by atoms with Gasteiger partial charge in [0.15, 0.2) is 0 Å². The van der Waals surface area contributed by atoms with Crippen LogP contribution in [-0.4, -0.2) is 11.2 Å². The van der Waals surface area contributed by atoms with Gasteiger partial charge in [-0.1, -0.05) is 62.4 Å². The Bertz CT molecular complexity index is 627. The molecule has 0 spiro atoms. The van der Waals surface area contributed by atoms with E-state index >= 15 is 0 Å². The van der Waals surface area contributed by atoms with Crippen LogP contribution >= 0.6 is 11.8 Å². The van der Waals surface area contributed by atoms with Crippen molar-refractivity contribution >= 4 is 17.3 Å². The molecule has 0 aliphatic heterocycles. The monoisotopic (exact) mass is 311 g/mol. The molecule has 0 N–H and O–H groups in total. The molecule has 0 saturated heterocycles. The first-order valence-electron chi connectivity index (χ1n) is 7.69. The number of rotatable bonds is 4. The largest absolute Gasteiger partial charge is 0.241 e. The van der Waals surface area contributed by atoms with Gasteiger partial charge in [0.2, 0.25) is 0 Å². The van der Waals surface area contributed by atoms with Gasteiger partial charge in [-0.05, 0) is 43.4 Å². The average Bonchev–Trinajstić information content (AvgIpc) is 2.61. The van der Waals surface area contributed by atoms with Crippen LogP contribution in [0.2, 0.25) is 0 Å². The summed E-state index contributed by atoms with van der Waals surface area (Å²) < 4.78 is 0. The first-order valence-corrected chi connectivity index (χ1v) is 8.92. The molecule has 0 radical (unpaired) electrons. The van der Waals surface area contributed by atoms with Crippen LogP contribution < -0.4 is 0 Å². The first-order chi connectivity index (χ1) is 10.8. The molecule has 2 heteroatoms. The van der Waals surface area contributed by atoms with Crippen LogP contribution in [0.15, 0.2) is 65.7 Å². The molecule has 1 nitrogen and oxygen atoms in total. The van der Waals surface area contributed by atoms with E-state index in [9.17, 15) is 0 Å². The van der Waals surface area contributed by atoms with Crippen LogP contribution in [0.5, 0.6) is 0 Å². The van der Waals surface area contributed by atoms with Gasteiger partial charge in [-0.3, -0.25) is 0 Å². The number of thioether (sulfide) groups is 1. The van der Waals surface area contributed by atoms with E-state index < -0.39 is 0 Å². The van der Waals surface area contributed by atoms with E-state index in [-0.39, 0.29) is 0 Å². The van der Waals surface area contributed by atoms with Crippen LogP contribution in [0.3, 0.4) is 0 Å². The molecule has 2 rings (SSSR count). The summed E-state index contributed by atoms with van der Waals surface area (Å²) in [6, 6.07) is 14.6. The molecule has 22 heavy (non-hydrogen) atoms. The highest BCUT2D eigenvalue weighted by molar-refractivity contribution is 7.98. The molecule has 0 unspecified atom stereocenters. The lowest BCUT2D eigenvalue weighted by atomic mass is 10.0. The summed E-state index contributed by atoms with van der Waals surface area (Å²) in [5.74, 6) is 0. The Kier molecular flexibility index (Phi) is 8.31. The highest BCUT2D eigenvalue weighted by Gasteiger charge is 2.06. The number of allylic oxidation sites excluding steroid dienone is 4. The van der Waals surface area contributed by atoms with Gasteiger partial charge in [-0.15, -0.1) is 11.8 Å². The molecular weight excluding hydrogens is 286 g/mol. The maximum Gasteiger partial charge on any atom is 0.0970 e. The maximum atomic E-state index is 4.71. The fourth-order valence-electron chi connectivity index (χ4n) is 2.07. The van der Waals surface area contributed by atoms with Crippen molar-refractivity contribution in [2.45, 2.75) is 32.7 Å². The third kappa shape index (κ3) is 4.88. The molecule has 0 aliphatic rings. The molecule has 2 aromatic rings. The minimum absolute atomic E-state index is 1.02. The van der Waals surface area contributed by atoms with Crippen molar-refractivity contribution < 1.29 is 0 Å². The Hall–Kier alpha value is -1.80. The Morgan fingerprint density at radius 1 is 1.05 bits per heavy atom. The Morgan fingerprint density at radius 2 is 1.73 bits per heavy atom. The van der Waals surface area contributed by atoms with E-state index in [1.54, 1.807) is 11.8 Å². The number of hydrogen-bond acceptors (Lipinski definition) is 2. The fourth-order valence-corrected chi connectivity index (χ4v) is 2.51. The third-order valence-corrected chi connectivity index (χ3v) is 3.70. The van der Waals surface area contributed by atoms with Crippen LogP contribution in [0.1, 0.15) is 33.3 Å². The van der Waals surface area contributed by atoms with E-state index in [1.165, 1.54) is 11.1 Å². The van der Waals surface area contributed by atoms with Crippen LogP contribution in [0, 0.1) is 0 Å². The highest BCUT2D eigenvalue weighted by Crippen LogP contribution is 2.27. The number of benzene rings is 1. The molecule has 0 atom stereocenters. The third-order valence-electron chi connectivity index (χ3n) is 3.07. The summed E-state index contributed by atoms with van der Waals surface area (Å²) in [6.07, 6.45) is 8.39. The summed E-state index contributed by atoms with van der Waals surface area (Å²) in [5, 5.41) is 1.05. The zero-order valence-corrected chi connectivity index (χ0v) is 14.9. The van der Waals surface area contributed by atoms with Gasteiger partial charge in [-0.2, -0.15) is 0 Å². The normalized spacial score (nSPS) is 11.2. The quantitative estimate of drug-likeness (QED) is 0.473. The van der Waals surface area contributed by atoms with Gasteiger partial charge >= 0.3 is 0 Å². The van der Waals surface area contributed by atoms with Crippen molar-refractivity contribution in [3.63, 3.8) is 0 Å². The molecule has 116 valence electrons. The summed E-state index contributed by atoms with van der Waals surface area (Å²) >= 11 is 1.68. The second-order valence-corrected chi connectivity index (χ2v) is 5.22. The van der Waals surface area contributed by atoms with Gasteiger partial charge in [-0.25, -0.2) is 4.98 Å². The van der Waals surface area contributed by atoms with Crippen LogP contribution in [0.25, 0.3) is 16.8 Å². The zero-order chi connectivity index (χ0) is 16.4. The number of nitrogens with zero attached hydrogens (tertiary/aromatic N) is 1. The molecule has 1 heterocycles. The van der Waals surface area contributed by atoms with Crippen molar-refractivity contribution in [1.29, 1.82) is 0 Å². The van der Waals surface area contributed by atoms with Gasteiger partial charge in [0.05, 0.1) is 10.7 Å². The summed E-state index contributed by atoms with van der Waals surface area (Å²) in [7, 11) is 0. The molecule has 1 aromatic heterocycles. The minimum atomic E-state index is 1.02. The molecule has 0 bridgehead atoms. The number of hydrogen-bond donors (Lipinski definition) is 0. The number of pyridine rings is 1. The van der Waals surface area contributed by atoms with E-state index in [1.807, 2.05) is 39.0 Å². The van der Waals surface area contributed by atoms with Crippen molar-refractivity contribution in [3.05, 3.63) is 66.3 Å². The molecule has 1 aromatic carbocycles. The second kappa shape index (κ2) is 10.0. The molecule has 0 aliphatic carbocycles. The van der Waals surface area contributed by atoms with Gasteiger partial charge in [0.25, 0.3) is 0 Å². The Labute approximate surface area is 139 Å². The van der Waals surface area contributed by atoms with E-state index in [4.69, 9.17) is 4.98 Å². The number of aromatic nitrogens is 1. The topological polar surface area (TPSA) is 12.9 Å². The zero-order valence-electron chi connectivity index (χ0n) is 14.1. The van der Waals surface area contributed by atoms with E-state index in [0.717, 1.165) is 16.3 Å². The average molecular weight is 311 g/mol. The molecule has 0 fully saturated rings. The smallest absolute Gasteiger partial charge is 0.0970 e. The van der Waals surface area contributed by atoms with Crippen LogP contribution in [-0.2, 0) is 0 Å². The second-order valence-electron chi connectivity index (χ2n) is 4.39. The van der Waals surface area contributed by atoms with Crippen molar-refractivity contribution in [2.24, 2.45) is 0 Å². The van der Waals surface area contributed by atoms with Gasteiger partial charge in [0.1, 0.15) is 0 Å². The van der Waals surface area contributed by atoms with Crippen molar-refractivity contribution in [1.82, 2.24) is 4.98 Å². The highest BCUT2D eigenvalue weighted by atomic mass is 32.2. The Morgan fingerprint density at radius 3 is 2.27 bits per heavy atom. The molecular formula is C20H25NS. The van der Waals surface area contributed by atoms with Crippen LogP contribution in [0.4, 0.5) is 0 Å². The van der Waals surface area contributed by atoms with E-state index in [0.29, 0.717) is 0 Å². The fraction of sp³-hybridized carbons (Fsp3) is 0.250. The standard InChI is InChI=1S/C18H19NS.C2H6/c1-4-9-14(5-2)16-12-17(19-18(13-16)20-3)15-10-7-6-8-11-15;1-2/h4-13H,1-3H3;1-2H3/b9-4-,14-5+;. The van der Waals surface area contributed by atoms with E-state index in [2.05, 4.69) is 55.7 Å². The maximum absolute atomic E-state index is 4.71. The van der Waals surface area contributed by atoms with Crippen molar-refractivity contribution in [2.75, 3.05) is 6.26 Å². The summed E-state index contributed by atoms with van der Waals surface area (Å²) in [4.78, 5) is 4.71. The lowest BCUT2D eigenvalue weighted by Gasteiger charge is -2.09. The molecule has 0 saturated carbocycles. The SMILES string of the molecule is C/C=C\C(=C/C)c1cc(SC)nc(-c2ccccc2)c1.CC. The Balaban J connectivity index is 0.00000116. The summed E-state index contributed by atoms with van der Waals surface area (Å²) in [5.41, 5.74) is 4.61. The van der Waals surface area contributed by atoms with Gasteiger partial charge < -0.3 is 0 Å². The van der Waals surface area contributed by atoms with Crippen molar-refractivity contribution in [3.8, 4) is 11.3 Å². The lowest BCUT2D eigenvalue weighted by molar-refractivity contribution is 1.14. The predicted molar refractivity (Wildman–Crippen MR) is 101 cm³/mol. The van der Waals surface area contributed by atoms with Gasteiger partial charge in [0, 0.05) is 5.56 Å².